The topological polar surface area (TPSA) is 3.24 Å². The van der Waals surface area contributed by atoms with E-state index >= 15 is 0 Å². The Balaban J connectivity index is 0.00000192. The molecule has 2 aromatic rings. The Morgan fingerprint density at radius 1 is 0.783 bits per heavy atom. The fourth-order valence-corrected chi connectivity index (χ4v) is 3.51. The number of nitrogens with zero attached hydrogens (tertiary/aromatic N) is 1. The lowest BCUT2D eigenvalue weighted by Gasteiger charge is -2.32. The summed E-state index contributed by atoms with van der Waals surface area (Å²) in [4.78, 5) is 2.66. The van der Waals surface area contributed by atoms with E-state index in [4.69, 9.17) is 0 Å². The van der Waals surface area contributed by atoms with Crippen molar-refractivity contribution in [2.75, 3.05) is 19.6 Å². The van der Waals surface area contributed by atoms with E-state index in [9.17, 15) is 0 Å². The molecule has 1 aliphatic rings. The van der Waals surface area contributed by atoms with Crippen LogP contribution >= 0.6 is 12.4 Å². The van der Waals surface area contributed by atoms with E-state index in [0.29, 0.717) is 0 Å². The van der Waals surface area contributed by atoms with Crippen molar-refractivity contribution >= 4 is 12.4 Å². The third-order valence-corrected chi connectivity index (χ3v) is 4.86. The maximum atomic E-state index is 2.66. The van der Waals surface area contributed by atoms with Crippen LogP contribution in [0.3, 0.4) is 0 Å². The minimum atomic E-state index is 0. The molecule has 2 heteroatoms. The summed E-state index contributed by atoms with van der Waals surface area (Å²) in [6, 6.07) is 21.8. The Labute approximate surface area is 147 Å². The van der Waals surface area contributed by atoms with Crippen LogP contribution in [0, 0.1) is 5.92 Å². The number of halogens is 1. The first-order chi connectivity index (χ1) is 10.9. The molecule has 3 rings (SSSR count). The molecule has 0 spiro atoms. The molecular formula is C21H28ClN. The van der Waals surface area contributed by atoms with Gasteiger partial charge in [-0.3, -0.25) is 0 Å². The lowest BCUT2D eigenvalue weighted by atomic mass is 9.90. The highest BCUT2D eigenvalue weighted by Gasteiger charge is 2.18. The smallest absolute Gasteiger partial charge is 0.00156 e. The zero-order valence-corrected chi connectivity index (χ0v) is 14.7. The van der Waals surface area contributed by atoms with Gasteiger partial charge in [-0.25, -0.2) is 0 Å². The van der Waals surface area contributed by atoms with Gasteiger partial charge in [0, 0.05) is 0 Å². The van der Waals surface area contributed by atoms with Crippen LogP contribution in [-0.2, 0) is 12.8 Å². The molecule has 0 N–H and O–H groups in total. The summed E-state index contributed by atoms with van der Waals surface area (Å²) in [7, 11) is 0. The predicted molar refractivity (Wildman–Crippen MR) is 101 cm³/mol. The maximum Gasteiger partial charge on any atom is -0.00156 e. The molecule has 124 valence electrons. The van der Waals surface area contributed by atoms with Gasteiger partial charge < -0.3 is 4.90 Å². The average molecular weight is 330 g/mol. The molecule has 0 bridgehead atoms. The average Bonchev–Trinajstić information content (AvgIpc) is 2.58. The van der Waals surface area contributed by atoms with Crippen LogP contribution < -0.4 is 0 Å². The molecule has 0 unspecified atom stereocenters. The zero-order valence-electron chi connectivity index (χ0n) is 13.9. The highest BCUT2D eigenvalue weighted by atomic mass is 35.5. The molecule has 23 heavy (non-hydrogen) atoms. The molecule has 0 amide bonds. The van der Waals surface area contributed by atoms with Gasteiger partial charge in [0.2, 0.25) is 0 Å². The summed E-state index contributed by atoms with van der Waals surface area (Å²) >= 11 is 0. The first kappa shape index (κ1) is 18.0. The Bertz CT molecular complexity index is 532. The number of piperidine rings is 1. The molecule has 1 heterocycles. The molecular weight excluding hydrogens is 302 g/mol. The Kier molecular flexibility index (Phi) is 7.64. The van der Waals surface area contributed by atoms with Crippen molar-refractivity contribution in [3.63, 3.8) is 0 Å². The van der Waals surface area contributed by atoms with E-state index in [1.54, 1.807) is 0 Å². The van der Waals surface area contributed by atoms with Crippen LogP contribution in [0.2, 0.25) is 0 Å². The number of aryl methyl sites for hydroxylation is 1. The lowest BCUT2D eigenvalue weighted by Crippen LogP contribution is -2.35. The Hall–Kier alpha value is -1.31. The summed E-state index contributed by atoms with van der Waals surface area (Å²) in [5.41, 5.74) is 2.98. The molecule has 1 saturated heterocycles. The fraction of sp³-hybridized carbons (Fsp3) is 0.429. The third-order valence-electron chi connectivity index (χ3n) is 4.86. The summed E-state index contributed by atoms with van der Waals surface area (Å²) < 4.78 is 0. The Morgan fingerprint density at radius 2 is 1.35 bits per heavy atom. The second-order valence-electron chi connectivity index (χ2n) is 6.56. The normalized spacial score (nSPS) is 16.0. The number of hydrogen-bond acceptors (Lipinski definition) is 1. The molecule has 0 saturated carbocycles. The zero-order chi connectivity index (χ0) is 15.0. The van der Waals surface area contributed by atoms with E-state index in [-0.39, 0.29) is 12.4 Å². The maximum absolute atomic E-state index is 2.66. The SMILES string of the molecule is Cl.c1ccc(CCCN2CCC(Cc3ccccc3)CC2)cc1. The van der Waals surface area contributed by atoms with Crippen molar-refractivity contribution in [3.8, 4) is 0 Å². The summed E-state index contributed by atoms with van der Waals surface area (Å²) in [6.45, 7) is 3.82. The van der Waals surface area contributed by atoms with Gasteiger partial charge in [-0.1, -0.05) is 60.7 Å². The van der Waals surface area contributed by atoms with Crippen LogP contribution in [0.5, 0.6) is 0 Å². The molecule has 1 nitrogen and oxygen atoms in total. The van der Waals surface area contributed by atoms with Gasteiger partial charge in [0.05, 0.1) is 0 Å². The minimum absolute atomic E-state index is 0. The van der Waals surface area contributed by atoms with Crippen LogP contribution in [0.25, 0.3) is 0 Å². The predicted octanol–water partition coefficient (Wildman–Crippen LogP) is 5.00. The van der Waals surface area contributed by atoms with Crippen LogP contribution in [-0.4, -0.2) is 24.5 Å². The first-order valence-corrected chi connectivity index (χ1v) is 8.70. The highest BCUT2D eigenvalue weighted by molar-refractivity contribution is 5.85. The van der Waals surface area contributed by atoms with Crippen molar-refractivity contribution < 1.29 is 0 Å². The standard InChI is InChI=1S/C21H27N.ClH/c1-3-8-19(9-4-1)12-7-15-22-16-13-21(14-17-22)18-20-10-5-2-6-11-20;/h1-6,8-11,21H,7,12-18H2;1H. The van der Waals surface area contributed by atoms with Gasteiger partial charge in [-0.05, 0) is 68.8 Å². The molecule has 0 atom stereocenters. The summed E-state index contributed by atoms with van der Waals surface area (Å²) in [6.07, 6.45) is 6.48. The number of hydrogen-bond donors (Lipinski definition) is 0. The van der Waals surface area contributed by atoms with Gasteiger partial charge in [0.1, 0.15) is 0 Å². The summed E-state index contributed by atoms with van der Waals surface area (Å²) in [5, 5.41) is 0. The van der Waals surface area contributed by atoms with Crippen LogP contribution in [0.4, 0.5) is 0 Å². The van der Waals surface area contributed by atoms with E-state index in [0.717, 1.165) is 5.92 Å². The summed E-state index contributed by atoms with van der Waals surface area (Å²) in [5.74, 6) is 0.882. The molecule has 2 aromatic carbocycles. The molecule has 1 fully saturated rings. The van der Waals surface area contributed by atoms with Crippen LogP contribution in [0.15, 0.2) is 60.7 Å². The van der Waals surface area contributed by atoms with Crippen molar-refractivity contribution in [1.29, 1.82) is 0 Å². The van der Waals surface area contributed by atoms with Gasteiger partial charge >= 0.3 is 0 Å². The molecule has 0 radical (unpaired) electrons. The second-order valence-corrected chi connectivity index (χ2v) is 6.56. The lowest BCUT2D eigenvalue weighted by molar-refractivity contribution is 0.182. The largest absolute Gasteiger partial charge is 0.303 e. The number of likely N-dealkylation sites (tertiary alicyclic amines) is 1. The number of rotatable bonds is 6. The number of benzene rings is 2. The van der Waals surface area contributed by atoms with Gasteiger partial charge in [-0.2, -0.15) is 0 Å². The Morgan fingerprint density at radius 3 is 1.96 bits per heavy atom. The van der Waals surface area contributed by atoms with E-state index in [1.165, 1.54) is 62.9 Å². The van der Waals surface area contributed by atoms with Gasteiger partial charge in [0.25, 0.3) is 0 Å². The van der Waals surface area contributed by atoms with Crippen LogP contribution in [0.1, 0.15) is 30.4 Å². The molecule has 0 aromatic heterocycles. The minimum Gasteiger partial charge on any atom is -0.303 e. The molecule has 0 aliphatic carbocycles. The van der Waals surface area contributed by atoms with Crippen molar-refractivity contribution in [1.82, 2.24) is 4.90 Å². The van der Waals surface area contributed by atoms with E-state index in [2.05, 4.69) is 65.6 Å². The molecule has 1 aliphatic heterocycles. The highest BCUT2D eigenvalue weighted by Crippen LogP contribution is 2.21. The van der Waals surface area contributed by atoms with E-state index < -0.39 is 0 Å². The van der Waals surface area contributed by atoms with Crippen molar-refractivity contribution in [2.24, 2.45) is 5.92 Å². The fourth-order valence-electron chi connectivity index (χ4n) is 3.51. The van der Waals surface area contributed by atoms with Gasteiger partial charge in [0.15, 0.2) is 0 Å². The van der Waals surface area contributed by atoms with Crippen molar-refractivity contribution in [3.05, 3.63) is 71.8 Å². The monoisotopic (exact) mass is 329 g/mol. The van der Waals surface area contributed by atoms with Gasteiger partial charge in [-0.15, -0.1) is 12.4 Å². The van der Waals surface area contributed by atoms with Crippen molar-refractivity contribution in [2.45, 2.75) is 32.1 Å². The quantitative estimate of drug-likeness (QED) is 0.721. The first-order valence-electron chi connectivity index (χ1n) is 8.70. The second kappa shape index (κ2) is 9.75. The third kappa shape index (κ3) is 6.01. The van der Waals surface area contributed by atoms with E-state index in [1.807, 2.05) is 0 Å².